The van der Waals surface area contributed by atoms with E-state index in [1.165, 1.54) is 0 Å². The average molecular weight is 372 g/mol. The summed E-state index contributed by atoms with van der Waals surface area (Å²) in [6, 6.07) is 3.55. The number of benzene rings is 1. The number of hydrogen-bond acceptors (Lipinski definition) is 6. The number of aryl methyl sites for hydroxylation is 1. The van der Waals surface area contributed by atoms with Gasteiger partial charge in [-0.2, -0.15) is 0 Å². The minimum absolute atomic E-state index is 0.130. The number of hydrogen-bond donors (Lipinski definition) is 1. The zero-order valence-electron chi connectivity index (χ0n) is 14.7. The molecule has 25 heavy (non-hydrogen) atoms. The molecule has 1 rings (SSSR count). The van der Waals surface area contributed by atoms with Crippen LogP contribution in [0.15, 0.2) is 12.1 Å². The van der Waals surface area contributed by atoms with Gasteiger partial charge in [0.15, 0.2) is 13.2 Å². The van der Waals surface area contributed by atoms with Crippen molar-refractivity contribution in [2.75, 3.05) is 19.8 Å². The van der Waals surface area contributed by atoms with Gasteiger partial charge in [-0.25, -0.2) is 9.59 Å². The van der Waals surface area contributed by atoms with E-state index in [0.29, 0.717) is 10.8 Å². The van der Waals surface area contributed by atoms with Crippen molar-refractivity contribution in [1.82, 2.24) is 5.32 Å². The summed E-state index contributed by atoms with van der Waals surface area (Å²) < 4.78 is 14.8. The van der Waals surface area contributed by atoms with Gasteiger partial charge in [0.05, 0.1) is 6.61 Å². The molecule has 7 nitrogen and oxygen atoms in total. The molecule has 1 aromatic carbocycles. The number of alkyl carbamates (subject to hydrolysis) is 1. The molecule has 0 aliphatic carbocycles. The Morgan fingerprint density at radius 2 is 1.84 bits per heavy atom. The molecule has 1 N–H and O–H groups in total. The second kappa shape index (κ2) is 9.88. The van der Waals surface area contributed by atoms with E-state index in [-0.39, 0.29) is 19.1 Å². The summed E-state index contributed by atoms with van der Waals surface area (Å²) in [6.07, 6.45) is -0.891. The number of carbonyl (C=O) groups excluding carboxylic acids is 3. The first kappa shape index (κ1) is 20.8. The Kier molecular flexibility index (Phi) is 8.21. The highest BCUT2D eigenvalue weighted by Crippen LogP contribution is 2.31. The second-order valence-corrected chi connectivity index (χ2v) is 5.92. The number of halogens is 1. The first-order chi connectivity index (χ1) is 11.7. The lowest BCUT2D eigenvalue weighted by Gasteiger charge is -2.15. The van der Waals surface area contributed by atoms with Crippen LogP contribution >= 0.6 is 11.6 Å². The SMILES string of the molecule is CCOC(=O)NC(=O)COC(=O)COc1cc(C)c(Cl)cc1C(C)C. The van der Waals surface area contributed by atoms with Gasteiger partial charge in [0.2, 0.25) is 0 Å². The van der Waals surface area contributed by atoms with Crippen LogP contribution in [0.2, 0.25) is 5.02 Å². The standard InChI is InChI=1S/C17H22ClNO6/c1-5-23-17(22)19-15(20)8-25-16(21)9-24-14-6-11(4)13(18)7-12(14)10(2)3/h6-7,10H,5,8-9H2,1-4H3,(H,19,20,22). The fraction of sp³-hybridized carbons (Fsp3) is 0.471. The Morgan fingerprint density at radius 3 is 2.44 bits per heavy atom. The van der Waals surface area contributed by atoms with Crippen LogP contribution in [0.5, 0.6) is 5.75 Å². The maximum Gasteiger partial charge on any atom is 0.413 e. The average Bonchev–Trinajstić information content (AvgIpc) is 2.53. The summed E-state index contributed by atoms with van der Waals surface area (Å²) >= 11 is 6.11. The molecule has 2 amide bonds. The molecule has 0 bridgehead atoms. The van der Waals surface area contributed by atoms with Gasteiger partial charge in [-0.15, -0.1) is 0 Å². The van der Waals surface area contributed by atoms with E-state index in [1.807, 2.05) is 26.1 Å². The quantitative estimate of drug-likeness (QED) is 0.741. The van der Waals surface area contributed by atoms with Crippen molar-refractivity contribution < 1.29 is 28.6 Å². The van der Waals surface area contributed by atoms with Gasteiger partial charge >= 0.3 is 12.1 Å². The molecule has 0 saturated carbocycles. The largest absolute Gasteiger partial charge is 0.482 e. The molecular formula is C17H22ClNO6. The third-order valence-electron chi connectivity index (χ3n) is 3.14. The Balaban J connectivity index is 2.53. The zero-order chi connectivity index (χ0) is 19.0. The predicted molar refractivity (Wildman–Crippen MR) is 91.9 cm³/mol. The van der Waals surface area contributed by atoms with Crippen molar-refractivity contribution in [3.63, 3.8) is 0 Å². The van der Waals surface area contributed by atoms with Crippen LogP contribution in [0.1, 0.15) is 37.8 Å². The van der Waals surface area contributed by atoms with E-state index < -0.39 is 24.6 Å². The third-order valence-corrected chi connectivity index (χ3v) is 3.55. The van der Waals surface area contributed by atoms with Crippen molar-refractivity contribution >= 4 is 29.6 Å². The Morgan fingerprint density at radius 1 is 1.16 bits per heavy atom. The van der Waals surface area contributed by atoms with Gasteiger partial charge in [0.25, 0.3) is 5.91 Å². The minimum atomic E-state index is -0.891. The number of esters is 1. The van der Waals surface area contributed by atoms with Gasteiger partial charge < -0.3 is 14.2 Å². The third kappa shape index (κ3) is 7.01. The lowest BCUT2D eigenvalue weighted by molar-refractivity contribution is -0.150. The lowest BCUT2D eigenvalue weighted by Crippen LogP contribution is -2.35. The molecule has 0 aliphatic heterocycles. The maximum atomic E-state index is 11.7. The second-order valence-electron chi connectivity index (χ2n) is 5.51. The number of rotatable bonds is 7. The molecule has 0 aliphatic rings. The van der Waals surface area contributed by atoms with Crippen LogP contribution in [-0.4, -0.2) is 37.8 Å². The van der Waals surface area contributed by atoms with Gasteiger partial charge in [0.1, 0.15) is 5.75 Å². The molecule has 0 unspecified atom stereocenters. The van der Waals surface area contributed by atoms with Crippen molar-refractivity contribution in [3.05, 3.63) is 28.3 Å². The fourth-order valence-electron chi connectivity index (χ4n) is 1.89. The summed E-state index contributed by atoms with van der Waals surface area (Å²) in [5.41, 5.74) is 1.69. The van der Waals surface area contributed by atoms with E-state index in [4.69, 9.17) is 21.1 Å². The Labute approximate surface area is 151 Å². The zero-order valence-corrected chi connectivity index (χ0v) is 15.4. The first-order valence-electron chi connectivity index (χ1n) is 7.79. The first-order valence-corrected chi connectivity index (χ1v) is 8.17. The normalized spacial score (nSPS) is 10.3. The van der Waals surface area contributed by atoms with E-state index in [0.717, 1.165) is 11.1 Å². The highest BCUT2D eigenvalue weighted by atomic mass is 35.5. The predicted octanol–water partition coefficient (Wildman–Crippen LogP) is 2.97. The highest BCUT2D eigenvalue weighted by Gasteiger charge is 2.15. The molecule has 0 aromatic heterocycles. The maximum absolute atomic E-state index is 11.7. The van der Waals surface area contributed by atoms with Gasteiger partial charge in [-0.1, -0.05) is 25.4 Å². The molecule has 0 fully saturated rings. The van der Waals surface area contributed by atoms with Gasteiger partial charge in [-0.3, -0.25) is 10.1 Å². The van der Waals surface area contributed by atoms with Crippen molar-refractivity contribution in [1.29, 1.82) is 0 Å². The lowest BCUT2D eigenvalue weighted by atomic mass is 10.0. The number of carbonyl (C=O) groups is 3. The number of amides is 2. The van der Waals surface area contributed by atoms with Crippen LogP contribution in [0, 0.1) is 6.92 Å². The van der Waals surface area contributed by atoms with Crippen molar-refractivity contribution in [2.24, 2.45) is 0 Å². The van der Waals surface area contributed by atoms with E-state index >= 15 is 0 Å². The van der Waals surface area contributed by atoms with E-state index in [1.54, 1.807) is 19.1 Å². The molecule has 138 valence electrons. The van der Waals surface area contributed by atoms with Crippen molar-refractivity contribution in [3.8, 4) is 5.75 Å². The van der Waals surface area contributed by atoms with Crippen molar-refractivity contribution in [2.45, 2.75) is 33.6 Å². The molecule has 0 saturated heterocycles. The van der Waals surface area contributed by atoms with Crippen LogP contribution in [0.4, 0.5) is 4.79 Å². The Hall–Kier alpha value is -2.28. The smallest absolute Gasteiger partial charge is 0.413 e. The topological polar surface area (TPSA) is 90.9 Å². The summed E-state index contributed by atoms with van der Waals surface area (Å²) in [5.74, 6) is -0.831. The molecule has 1 aromatic rings. The van der Waals surface area contributed by atoms with Crippen LogP contribution in [0.3, 0.4) is 0 Å². The monoisotopic (exact) mass is 371 g/mol. The molecule has 0 atom stereocenters. The summed E-state index contributed by atoms with van der Waals surface area (Å²) in [5, 5.41) is 2.53. The summed E-state index contributed by atoms with van der Waals surface area (Å²) in [4.78, 5) is 34.1. The molecular weight excluding hydrogens is 350 g/mol. The minimum Gasteiger partial charge on any atom is -0.482 e. The molecule has 0 spiro atoms. The van der Waals surface area contributed by atoms with E-state index in [2.05, 4.69) is 4.74 Å². The van der Waals surface area contributed by atoms with E-state index in [9.17, 15) is 14.4 Å². The van der Waals surface area contributed by atoms with Crippen LogP contribution in [0.25, 0.3) is 0 Å². The highest BCUT2D eigenvalue weighted by molar-refractivity contribution is 6.31. The molecule has 8 heteroatoms. The summed E-state index contributed by atoms with van der Waals surface area (Å²) in [7, 11) is 0. The molecule has 0 heterocycles. The van der Waals surface area contributed by atoms with Crippen LogP contribution < -0.4 is 10.1 Å². The van der Waals surface area contributed by atoms with Crippen LogP contribution in [-0.2, 0) is 19.1 Å². The Bertz CT molecular complexity index is 644. The number of nitrogens with one attached hydrogen (secondary N) is 1. The molecule has 0 radical (unpaired) electrons. The van der Waals surface area contributed by atoms with Gasteiger partial charge in [0, 0.05) is 5.02 Å². The number of imide groups is 1. The number of ether oxygens (including phenoxy) is 3. The fourth-order valence-corrected chi connectivity index (χ4v) is 2.06. The van der Waals surface area contributed by atoms with Gasteiger partial charge in [-0.05, 0) is 43.0 Å². The summed E-state index contributed by atoms with van der Waals surface area (Å²) in [6.45, 7) is 6.55.